The molecule has 39 heavy (non-hydrogen) atoms. The number of likely N-dealkylation sites (tertiary alicyclic amines) is 1. The number of amides is 1. The molecule has 0 saturated carbocycles. The summed E-state index contributed by atoms with van der Waals surface area (Å²) in [5.41, 5.74) is 2.85. The topological polar surface area (TPSA) is 88.0 Å². The highest BCUT2D eigenvalue weighted by atomic mass is 19.4. The van der Waals surface area contributed by atoms with Crippen molar-refractivity contribution in [1.29, 1.82) is 0 Å². The summed E-state index contributed by atoms with van der Waals surface area (Å²) in [6.07, 6.45) is 1.34. The minimum Gasteiger partial charge on any atom is -0.324 e. The number of carbonyl (C=O) groups is 1. The summed E-state index contributed by atoms with van der Waals surface area (Å²) in [5.74, 6) is -0.267. The molecule has 2 aromatic heterocycles. The van der Waals surface area contributed by atoms with Crippen LogP contribution in [0.15, 0.2) is 61.1 Å². The van der Waals surface area contributed by atoms with Crippen LogP contribution in [0.5, 0.6) is 0 Å². The molecule has 0 atom stereocenters. The summed E-state index contributed by atoms with van der Waals surface area (Å²) in [4.78, 5) is 23.3. The number of alkyl halides is 3. The van der Waals surface area contributed by atoms with E-state index >= 15 is 0 Å². The van der Waals surface area contributed by atoms with Gasteiger partial charge in [-0.1, -0.05) is 12.1 Å². The fraction of sp³-hybridized carbons (Fsp3) is 0.286. The van der Waals surface area contributed by atoms with Gasteiger partial charge in [0.2, 0.25) is 5.95 Å². The largest absolute Gasteiger partial charge is 0.419 e. The van der Waals surface area contributed by atoms with Crippen molar-refractivity contribution >= 4 is 23.2 Å². The number of nitrogens with zero attached hydrogens (tertiary/aromatic N) is 5. The van der Waals surface area contributed by atoms with Crippen molar-refractivity contribution in [3.63, 3.8) is 0 Å². The van der Waals surface area contributed by atoms with E-state index in [2.05, 4.69) is 36.7 Å². The molecule has 1 aliphatic heterocycles. The van der Waals surface area contributed by atoms with Crippen molar-refractivity contribution in [2.45, 2.75) is 32.5 Å². The molecule has 2 aromatic carbocycles. The van der Waals surface area contributed by atoms with Crippen molar-refractivity contribution in [2.75, 3.05) is 23.7 Å². The van der Waals surface area contributed by atoms with Gasteiger partial charge in [-0.15, -0.1) is 0 Å². The predicted octanol–water partition coefficient (Wildman–Crippen LogP) is 5.80. The Hall–Kier alpha value is -4.25. The van der Waals surface area contributed by atoms with Gasteiger partial charge in [-0.25, -0.2) is 9.97 Å². The molecule has 0 bridgehead atoms. The molecule has 3 heterocycles. The second kappa shape index (κ2) is 10.9. The van der Waals surface area contributed by atoms with E-state index in [-0.39, 0.29) is 23.1 Å². The minimum atomic E-state index is -4.62. The molecule has 1 aliphatic rings. The lowest BCUT2D eigenvalue weighted by Crippen LogP contribution is -2.19. The number of aryl methyl sites for hydroxylation is 2. The van der Waals surface area contributed by atoms with Crippen molar-refractivity contribution in [2.24, 2.45) is 7.05 Å². The van der Waals surface area contributed by atoms with Crippen LogP contribution in [0.1, 0.15) is 39.9 Å². The molecule has 0 spiro atoms. The van der Waals surface area contributed by atoms with Crippen LogP contribution in [0.2, 0.25) is 0 Å². The Balaban J connectivity index is 1.29. The van der Waals surface area contributed by atoms with Gasteiger partial charge in [0, 0.05) is 48.5 Å². The van der Waals surface area contributed by atoms with Crippen LogP contribution in [-0.2, 0) is 19.8 Å². The monoisotopic (exact) mass is 535 g/mol. The highest BCUT2D eigenvalue weighted by molar-refractivity contribution is 6.04. The molecular weight excluding hydrogens is 507 g/mol. The van der Waals surface area contributed by atoms with Crippen LogP contribution < -0.4 is 10.6 Å². The van der Waals surface area contributed by atoms with Crippen LogP contribution >= 0.6 is 0 Å². The number of hydrogen-bond acceptors (Lipinski definition) is 6. The molecule has 11 heteroatoms. The number of rotatable bonds is 7. The highest BCUT2D eigenvalue weighted by Crippen LogP contribution is 2.36. The average Bonchev–Trinajstić information content (AvgIpc) is 3.57. The zero-order chi connectivity index (χ0) is 27.6. The zero-order valence-electron chi connectivity index (χ0n) is 21.6. The van der Waals surface area contributed by atoms with Gasteiger partial charge in [0.05, 0.1) is 11.9 Å². The van der Waals surface area contributed by atoms with Gasteiger partial charge in [0.25, 0.3) is 5.91 Å². The van der Waals surface area contributed by atoms with Crippen LogP contribution in [-0.4, -0.2) is 43.6 Å². The van der Waals surface area contributed by atoms with Gasteiger partial charge in [-0.2, -0.15) is 18.3 Å². The maximum absolute atomic E-state index is 13.5. The fourth-order valence-corrected chi connectivity index (χ4v) is 4.54. The van der Waals surface area contributed by atoms with Crippen LogP contribution in [0.25, 0.3) is 11.3 Å². The lowest BCUT2D eigenvalue weighted by atomic mass is 10.1. The quantitative estimate of drug-likeness (QED) is 0.311. The van der Waals surface area contributed by atoms with E-state index in [0.717, 1.165) is 42.6 Å². The summed E-state index contributed by atoms with van der Waals surface area (Å²) in [6, 6.07) is 12.7. The Morgan fingerprint density at radius 1 is 1.05 bits per heavy atom. The van der Waals surface area contributed by atoms with Crippen LogP contribution in [0.3, 0.4) is 0 Å². The van der Waals surface area contributed by atoms with Gasteiger partial charge in [-0.3, -0.25) is 14.4 Å². The molecular formula is C28H28F3N7O. The molecule has 202 valence electrons. The van der Waals surface area contributed by atoms with Crippen molar-refractivity contribution < 1.29 is 18.0 Å². The number of anilines is 3. The molecule has 0 aliphatic carbocycles. The van der Waals surface area contributed by atoms with Crippen molar-refractivity contribution in [3.8, 4) is 11.3 Å². The molecule has 4 aromatic rings. The van der Waals surface area contributed by atoms with E-state index in [4.69, 9.17) is 0 Å². The summed E-state index contributed by atoms with van der Waals surface area (Å²) in [6.45, 7) is 5.00. The number of halogens is 3. The number of benzene rings is 2. The number of hydrogen-bond donors (Lipinski definition) is 2. The number of aromatic nitrogens is 4. The van der Waals surface area contributed by atoms with E-state index in [0.29, 0.717) is 11.3 Å². The molecule has 2 N–H and O–H groups in total. The Bertz CT molecular complexity index is 1480. The minimum absolute atomic E-state index is 0.00973. The van der Waals surface area contributed by atoms with E-state index < -0.39 is 11.7 Å². The van der Waals surface area contributed by atoms with Gasteiger partial charge in [0.1, 0.15) is 5.56 Å². The predicted molar refractivity (Wildman–Crippen MR) is 143 cm³/mol. The molecule has 1 amide bonds. The molecule has 1 saturated heterocycles. The maximum Gasteiger partial charge on any atom is 0.419 e. The second-order valence-corrected chi connectivity index (χ2v) is 9.65. The first-order valence-electron chi connectivity index (χ1n) is 12.6. The number of nitrogens with one attached hydrogen (secondary N) is 2. The smallest absolute Gasteiger partial charge is 0.324 e. The molecule has 5 rings (SSSR count). The van der Waals surface area contributed by atoms with E-state index in [1.807, 2.05) is 19.1 Å². The first kappa shape index (κ1) is 26.4. The highest BCUT2D eigenvalue weighted by Gasteiger charge is 2.35. The molecule has 1 fully saturated rings. The summed E-state index contributed by atoms with van der Waals surface area (Å²) in [7, 11) is 1.61. The Morgan fingerprint density at radius 3 is 2.46 bits per heavy atom. The normalized spacial score (nSPS) is 14.0. The van der Waals surface area contributed by atoms with Gasteiger partial charge < -0.3 is 10.6 Å². The number of carbonyl (C=O) groups excluding carboxylic acids is 1. The first-order chi connectivity index (χ1) is 18.7. The van der Waals surface area contributed by atoms with Crippen LogP contribution in [0.4, 0.5) is 30.5 Å². The van der Waals surface area contributed by atoms with Crippen LogP contribution in [0, 0.1) is 6.92 Å². The van der Waals surface area contributed by atoms with Gasteiger partial charge in [-0.05, 0) is 74.3 Å². The Morgan fingerprint density at radius 2 is 1.79 bits per heavy atom. The summed E-state index contributed by atoms with van der Waals surface area (Å²) >= 11 is 0. The SMILES string of the molecule is Cc1ccc(CN2CCCC2)cc1NC(=O)c1ccc(Nc2ncc(C(F)(F)F)c(-c3cnn(C)c3)n2)cc1. The standard InChI is InChI=1S/C28H28F3N7O/c1-18-5-6-19(16-38-11-3-4-12-38)13-24(18)35-26(39)20-7-9-22(10-8-20)34-27-32-15-23(28(29,30)31)25(36-27)21-14-33-37(2)17-21/h5-10,13-15,17H,3-4,11-12,16H2,1-2H3,(H,35,39)(H,32,34,36). The van der Waals surface area contributed by atoms with E-state index in [1.165, 1.54) is 29.9 Å². The Labute approximate surface area is 223 Å². The third-order valence-electron chi connectivity index (χ3n) is 6.63. The van der Waals surface area contributed by atoms with E-state index in [1.54, 1.807) is 31.3 Å². The summed E-state index contributed by atoms with van der Waals surface area (Å²) < 4.78 is 42.0. The Kier molecular flexibility index (Phi) is 7.34. The lowest BCUT2D eigenvalue weighted by molar-refractivity contribution is -0.137. The third-order valence-corrected chi connectivity index (χ3v) is 6.63. The van der Waals surface area contributed by atoms with Gasteiger partial charge in [0.15, 0.2) is 0 Å². The second-order valence-electron chi connectivity index (χ2n) is 9.65. The van der Waals surface area contributed by atoms with E-state index in [9.17, 15) is 18.0 Å². The van der Waals surface area contributed by atoms with Crippen molar-refractivity contribution in [3.05, 3.63) is 83.3 Å². The fourth-order valence-electron chi connectivity index (χ4n) is 4.54. The zero-order valence-corrected chi connectivity index (χ0v) is 21.6. The molecule has 0 unspecified atom stereocenters. The van der Waals surface area contributed by atoms with Crippen molar-refractivity contribution in [1.82, 2.24) is 24.6 Å². The first-order valence-corrected chi connectivity index (χ1v) is 12.6. The summed E-state index contributed by atoms with van der Waals surface area (Å²) in [5, 5.41) is 9.85. The average molecular weight is 536 g/mol. The molecule has 8 nitrogen and oxygen atoms in total. The van der Waals surface area contributed by atoms with Gasteiger partial charge >= 0.3 is 6.18 Å². The third kappa shape index (κ3) is 6.26. The molecule has 0 radical (unpaired) electrons. The lowest BCUT2D eigenvalue weighted by Gasteiger charge is -2.16. The maximum atomic E-state index is 13.5.